The number of nitrogens with one attached hydrogen (secondary N) is 5. The van der Waals surface area contributed by atoms with E-state index in [9.17, 15) is 28.8 Å². The highest BCUT2D eigenvalue weighted by atomic mass is 16.6. The van der Waals surface area contributed by atoms with E-state index in [0.717, 1.165) is 16.7 Å². The molecule has 1 aliphatic heterocycles. The maximum atomic E-state index is 14.2. The largest absolute Gasteiger partial charge is 0.426 e. The van der Waals surface area contributed by atoms with E-state index in [4.69, 9.17) is 19.0 Å². The van der Waals surface area contributed by atoms with E-state index in [2.05, 4.69) is 31.7 Å². The number of esters is 1. The minimum absolute atomic E-state index is 0.0164. The number of oxime groups is 1. The quantitative estimate of drug-likeness (QED) is 0.0142. The molecule has 16 heteroatoms. The Hall–Kier alpha value is -5.97. The minimum atomic E-state index is -1.06. The Morgan fingerprint density at radius 2 is 1.34 bits per heavy atom. The van der Waals surface area contributed by atoms with Crippen LogP contribution in [0, 0.1) is 11.8 Å². The molecular weight excluding hydrogens is 869 g/mol. The van der Waals surface area contributed by atoms with Crippen LogP contribution in [0.4, 0.5) is 0 Å². The van der Waals surface area contributed by atoms with Crippen molar-refractivity contribution in [2.24, 2.45) is 17.0 Å². The Morgan fingerprint density at radius 1 is 0.735 bits per heavy atom. The molecule has 0 radical (unpaired) electrons. The molecule has 3 aromatic rings. The third-order valence-corrected chi connectivity index (χ3v) is 11.2. The lowest BCUT2D eigenvalue weighted by atomic mass is 9.93. The molecule has 0 unspecified atom stereocenters. The summed E-state index contributed by atoms with van der Waals surface area (Å²) in [5, 5.41) is 18.8. The number of rotatable bonds is 31. The number of hydrogen-bond donors (Lipinski definition) is 5. The summed E-state index contributed by atoms with van der Waals surface area (Å²) in [6.07, 6.45) is 4.43. The smallest absolute Gasteiger partial charge is 0.308 e. The highest BCUT2D eigenvalue weighted by Crippen LogP contribution is 2.30. The molecule has 0 saturated carbocycles. The van der Waals surface area contributed by atoms with Crippen LogP contribution in [0.3, 0.4) is 0 Å². The van der Waals surface area contributed by atoms with Gasteiger partial charge < -0.3 is 45.6 Å². The van der Waals surface area contributed by atoms with E-state index in [0.29, 0.717) is 69.7 Å². The molecule has 4 rings (SSSR count). The van der Waals surface area contributed by atoms with Gasteiger partial charge in [-0.3, -0.25) is 28.8 Å². The number of ether oxygens (including phenoxy) is 3. The van der Waals surface area contributed by atoms with Crippen molar-refractivity contribution in [3.8, 4) is 5.75 Å². The first-order chi connectivity index (χ1) is 32.6. The molecule has 4 amide bonds. The van der Waals surface area contributed by atoms with Gasteiger partial charge in [-0.15, -0.1) is 0 Å². The van der Waals surface area contributed by atoms with Crippen LogP contribution in [-0.2, 0) is 62.5 Å². The summed E-state index contributed by atoms with van der Waals surface area (Å²) < 4.78 is 16.5. The van der Waals surface area contributed by atoms with Crippen molar-refractivity contribution in [2.45, 2.75) is 129 Å². The van der Waals surface area contributed by atoms with Gasteiger partial charge in [0, 0.05) is 45.0 Å². The third kappa shape index (κ3) is 19.7. The highest BCUT2D eigenvalue weighted by molar-refractivity contribution is 5.99. The summed E-state index contributed by atoms with van der Waals surface area (Å²) >= 11 is 0. The zero-order chi connectivity index (χ0) is 49.5. The van der Waals surface area contributed by atoms with Gasteiger partial charge in [0.1, 0.15) is 36.6 Å². The molecule has 1 aliphatic rings. The number of Topliss-reactive ketones (excluding diaryl/α,β-unsaturated/α-hetero) is 1. The average molecular weight is 941 g/mol. The number of ketones is 1. The number of nitrogens with zero attached hydrogens (tertiary/aromatic N) is 1. The average Bonchev–Trinajstić information content (AvgIpc) is 4.06. The molecule has 3 aromatic carbocycles. The molecule has 1 heterocycles. The first-order valence-corrected chi connectivity index (χ1v) is 23.7. The van der Waals surface area contributed by atoms with E-state index in [1.54, 1.807) is 13.0 Å². The minimum Gasteiger partial charge on any atom is -0.426 e. The zero-order valence-electron chi connectivity index (χ0n) is 40.8. The van der Waals surface area contributed by atoms with E-state index in [1.165, 1.54) is 20.2 Å². The van der Waals surface area contributed by atoms with Crippen molar-refractivity contribution in [1.82, 2.24) is 26.6 Å². The molecular formula is C52H72N6O10. The number of amides is 4. The Morgan fingerprint density at radius 3 is 1.97 bits per heavy atom. The second-order valence-corrected chi connectivity index (χ2v) is 18.3. The number of carbonyl (C=O) groups excluding carboxylic acids is 6. The number of epoxide rings is 1. The Kier molecular flexibility index (Phi) is 22.8. The molecule has 1 fully saturated rings. The summed E-state index contributed by atoms with van der Waals surface area (Å²) in [6, 6.07) is 20.5. The normalized spacial score (nSPS) is 16.1. The molecule has 0 aliphatic carbocycles. The van der Waals surface area contributed by atoms with Crippen LogP contribution in [0.15, 0.2) is 84.0 Å². The van der Waals surface area contributed by atoms with E-state index in [-0.39, 0.29) is 49.4 Å². The number of benzene rings is 3. The van der Waals surface area contributed by atoms with Crippen molar-refractivity contribution in [1.29, 1.82) is 0 Å². The Bertz CT molecular complexity index is 2110. The predicted octanol–water partition coefficient (Wildman–Crippen LogP) is 5.13. The fraction of sp³-hybridized carbons (Fsp3) is 0.519. The van der Waals surface area contributed by atoms with Gasteiger partial charge in [-0.2, -0.15) is 0 Å². The molecule has 0 aromatic heterocycles. The number of hydrogen-bond acceptors (Lipinski definition) is 12. The first-order valence-electron chi connectivity index (χ1n) is 23.7. The van der Waals surface area contributed by atoms with Gasteiger partial charge in [-0.25, -0.2) is 0 Å². The molecule has 5 atom stereocenters. The highest BCUT2D eigenvalue weighted by Gasteiger charge is 2.50. The third-order valence-electron chi connectivity index (χ3n) is 11.2. The van der Waals surface area contributed by atoms with Gasteiger partial charge in [0.15, 0.2) is 5.78 Å². The van der Waals surface area contributed by atoms with Crippen LogP contribution in [0.1, 0.15) is 102 Å². The summed E-state index contributed by atoms with van der Waals surface area (Å²) in [5.74, 6) is -2.04. The van der Waals surface area contributed by atoms with Crippen LogP contribution in [0.25, 0.3) is 0 Å². The summed E-state index contributed by atoms with van der Waals surface area (Å²) in [5.41, 5.74) is 2.40. The monoisotopic (exact) mass is 941 g/mol. The predicted molar refractivity (Wildman–Crippen MR) is 260 cm³/mol. The molecule has 370 valence electrons. The van der Waals surface area contributed by atoms with Crippen molar-refractivity contribution < 1.29 is 47.8 Å². The van der Waals surface area contributed by atoms with Crippen LogP contribution in [0.5, 0.6) is 5.75 Å². The van der Waals surface area contributed by atoms with Gasteiger partial charge in [0.2, 0.25) is 23.6 Å². The van der Waals surface area contributed by atoms with E-state index in [1.807, 2.05) is 100 Å². The fourth-order valence-electron chi connectivity index (χ4n) is 7.53. The lowest BCUT2D eigenvalue weighted by molar-refractivity contribution is -0.135. The topological polar surface area (TPSA) is 215 Å². The second kappa shape index (κ2) is 28.4. The number of unbranched alkanes of at least 4 members (excludes halogenated alkanes) is 1. The zero-order valence-corrected chi connectivity index (χ0v) is 40.8. The second-order valence-electron chi connectivity index (χ2n) is 18.3. The van der Waals surface area contributed by atoms with Gasteiger partial charge in [-0.1, -0.05) is 99.6 Å². The van der Waals surface area contributed by atoms with Gasteiger partial charge in [-0.05, 0) is 86.1 Å². The Balaban J connectivity index is 1.33. The SMILES string of the molecule is CO/N=C/c1cc(CNCCOCCCCC(=O)N[C@@H](CCc2ccccc2)C(=O)N[C@@H](CC(C)C)C(=O)N[C@@H](Cc2ccccc2)C(=O)N[C@@H](CC(C)C)C(=O)[C@@]2(C)CO2)ccc1OC(C)=O. The van der Waals surface area contributed by atoms with E-state index < -0.39 is 53.5 Å². The summed E-state index contributed by atoms with van der Waals surface area (Å²) in [4.78, 5) is 85.5. The van der Waals surface area contributed by atoms with Crippen molar-refractivity contribution in [2.75, 3.05) is 33.5 Å². The molecule has 68 heavy (non-hydrogen) atoms. The Labute approximate surface area is 401 Å². The molecule has 0 bridgehead atoms. The maximum absolute atomic E-state index is 14.2. The van der Waals surface area contributed by atoms with Crippen molar-refractivity contribution in [3.05, 3.63) is 101 Å². The molecule has 0 spiro atoms. The summed E-state index contributed by atoms with van der Waals surface area (Å²) in [6.45, 7) is 13.2. The fourth-order valence-corrected chi connectivity index (χ4v) is 7.53. The van der Waals surface area contributed by atoms with Gasteiger partial charge in [0.05, 0.1) is 25.5 Å². The molecule has 1 saturated heterocycles. The van der Waals surface area contributed by atoms with Crippen LogP contribution >= 0.6 is 0 Å². The molecule has 16 nitrogen and oxygen atoms in total. The number of carbonyl (C=O) groups is 6. The van der Waals surface area contributed by atoms with Crippen LogP contribution < -0.4 is 31.3 Å². The maximum Gasteiger partial charge on any atom is 0.308 e. The lowest BCUT2D eigenvalue weighted by Crippen LogP contribution is -2.59. The first kappa shape index (κ1) is 54.6. The standard InChI is InChI=1S/C52H72N6O10/c1-35(2)28-43(48(61)52(6)34-67-52)56-51(64)45(31-39-18-12-9-13-19-39)58-50(63)44(29-36(3)4)57-49(62)42(23-21-38-16-10-8-11-17-38)55-47(60)20-14-15-26-66-27-25-53-32-40-22-24-46(68-37(5)59)41(30-40)33-54-65-7/h8-13,16-19,22,24,30,33,35-36,42-45,53H,14-15,20-21,23,25-29,31-32,34H2,1-7H3,(H,55,60)(H,56,64)(H,57,62)(H,58,63)/b54-33+/t42-,43-,44-,45-,52+/m0/s1. The van der Waals surface area contributed by atoms with Gasteiger partial charge in [0.25, 0.3) is 0 Å². The lowest BCUT2D eigenvalue weighted by Gasteiger charge is -2.28. The number of aryl methyl sites for hydroxylation is 1. The summed E-state index contributed by atoms with van der Waals surface area (Å²) in [7, 11) is 1.43. The van der Waals surface area contributed by atoms with E-state index >= 15 is 0 Å². The van der Waals surface area contributed by atoms with Crippen molar-refractivity contribution in [3.63, 3.8) is 0 Å². The molecule has 5 N–H and O–H groups in total. The van der Waals surface area contributed by atoms with Crippen molar-refractivity contribution >= 4 is 41.6 Å². The van der Waals surface area contributed by atoms with Gasteiger partial charge >= 0.3 is 5.97 Å². The van der Waals surface area contributed by atoms with Crippen LogP contribution in [-0.4, -0.2) is 105 Å². The van der Waals surface area contributed by atoms with Crippen LogP contribution in [0.2, 0.25) is 0 Å².